The van der Waals surface area contributed by atoms with Crippen molar-refractivity contribution in [3.05, 3.63) is 94.3 Å². The van der Waals surface area contributed by atoms with Crippen molar-refractivity contribution in [2.45, 2.75) is 50.7 Å². The maximum atomic E-state index is 14.5. The molecule has 0 aliphatic carbocycles. The molecule has 44 heavy (non-hydrogen) atoms. The van der Waals surface area contributed by atoms with Gasteiger partial charge in [-0.3, -0.25) is 19.3 Å². The van der Waals surface area contributed by atoms with Crippen molar-refractivity contribution < 1.29 is 28.3 Å². The fourth-order valence-corrected chi connectivity index (χ4v) is 6.59. The normalized spacial score (nSPS) is 17.9. The molecule has 0 bridgehead atoms. The zero-order valence-corrected chi connectivity index (χ0v) is 24.4. The molecule has 3 amide bonds. The molecule has 0 aromatic heterocycles. The van der Waals surface area contributed by atoms with Gasteiger partial charge in [-0.25, -0.2) is 4.39 Å². The standard InChI is InChI=1S/C34H35FN4O5/c35-28-4-1-2-5-29(28)38-15-17-44-31-10-7-22(18-27(31)34(38)43)20-37-13-11-23(12-14-37)24-8-9-26-25(19-24)21-39(33(26)42)30(32(36)41)6-3-16-40/h1-2,4-5,7-10,16,18-19,23,30H,3,6,11-15,17,20-21H2,(H2,36,41). The van der Waals surface area contributed by atoms with Crippen LogP contribution in [0.2, 0.25) is 0 Å². The molecule has 10 heteroatoms. The van der Waals surface area contributed by atoms with Gasteiger partial charge in [0.25, 0.3) is 11.8 Å². The van der Waals surface area contributed by atoms with Crippen LogP contribution in [-0.4, -0.2) is 66.1 Å². The van der Waals surface area contributed by atoms with Crippen molar-refractivity contribution in [2.24, 2.45) is 5.73 Å². The third-order valence-corrected chi connectivity index (χ3v) is 8.92. The lowest BCUT2D eigenvalue weighted by molar-refractivity contribution is -0.122. The number of anilines is 1. The number of fused-ring (bicyclic) bond motifs is 2. The highest BCUT2D eigenvalue weighted by Crippen LogP contribution is 2.34. The highest BCUT2D eigenvalue weighted by atomic mass is 19.1. The van der Waals surface area contributed by atoms with Crippen LogP contribution < -0.4 is 15.4 Å². The van der Waals surface area contributed by atoms with Gasteiger partial charge in [-0.05, 0) is 85.3 Å². The van der Waals surface area contributed by atoms with Crippen molar-refractivity contribution in [3.8, 4) is 5.75 Å². The Morgan fingerprint density at radius 2 is 1.80 bits per heavy atom. The average Bonchev–Trinajstić information content (AvgIpc) is 3.25. The molecular weight excluding hydrogens is 563 g/mol. The number of hydrogen-bond acceptors (Lipinski definition) is 6. The molecule has 3 aliphatic rings. The lowest BCUT2D eigenvalue weighted by Gasteiger charge is -2.32. The number of nitrogens with zero attached hydrogens (tertiary/aromatic N) is 3. The summed E-state index contributed by atoms with van der Waals surface area (Å²) in [6.07, 6.45) is 3.00. The first-order chi connectivity index (χ1) is 21.3. The van der Waals surface area contributed by atoms with Gasteiger partial charge < -0.3 is 25.1 Å². The Bertz CT molecular complexity index is 1600. The molecule has 1 atom stereocenters. The van der Waals surface area contributed by atoms with E-state index in [1.54, 1.807) is 18.2 Å². The molecule has 2 N–H and O–H groups in total. The average molecular weight is 599 g/mol. The number of hydrogen-bond donors (Lipinski definition) is 1. The minimum atomic E-state index is -0.802. The van der Waals surface area contributed by atoms with E-state index in [4.69, 9.17) is 10.5 Å². The van der Waals surface area contributed by atoms with Crippen LogP contribution in [0.4, 0.5) is 10.1 Å². The third-order valence-electron chi connectivity index (χ3n) is 8.92. The number of para-hydroxylation sites is 1. The Morgan fingerprint density at radius 3 is 2.55 bits per heavy atom. The number of carbonyl (C=O) groups excluding carboxylic acids is 4. The van der Waals surface area contributed by atoms with Crippen molar-refractivity contribution in [3.63, 3.8) is 0 Å². The van der Waals surface area contributed by atoms with E-state index in [9.17, 15) is 23.6 Å². The second-order valence-electron chi connectivity index (χ2n) is 11.6. The lowest BCUT2D eigenvalue weighted by atomic mass is 9.87. The van der Waals surface area contributed by atoms with Gasteiger partial charge in [0.1, 0.15) is 30.5 Å². The molecule has 1 saturated heterocycles. The van der Waals surface area contributed by atoms with Crippen molar-refractivity contribution >= 4 is 29.7 Å². The van der Waals surface area contributed by atoms with Crippen LogP contribution >= 0.6 is 0 Å². The molecule has 0 spiro atoms. The molecule has 1 fully saturated rings. The number of primary amides is 1. The molecule has 3 aliphatic heterocycles. The fraction of sp³-hybridized carbons (Fsp3) is 0.353. The van der Waals surface area contributed by atoms with Gasteiger partial charge in [0, 0.05) is 25.1 Å². The third kappa shape index (κ3) is 5.81. The van der Waals surface area contributed by atoms with Gasteiger partial charge in [-0.15, -0.1) is 0 Å². The van der Waals surface area contributed by atoms with E-state index in [1.165, 1.54) is 21.4 Å². The van der Waals surface area contributed by atoms with Gasteiger partial charge in [-0.2, -0.15) is 0 Å². The molecule has 0 saturated carbocycles. The van der Waals surface area contributed by atoms with Gasteiger partial charge in [0.2, 0.25) is 5.91 Å². The van der Waals surface area contributed by atoms with E-state index >= 15 is 0 Å². The Kier molecular flexibility index (Phi) is 8.43. The first kappa shape index (κ1) is 29.5. The second kappa shape index (κ2) is 12.6. The number of carbonyl (C=O) groups is 4. The number of piperidine rings is 1. The molecular formula is C34H35FN4O5. The minimum absolute atomic E-state index is 0.166. The second-order valence-corrected chi connectivity index (χ2v) is 11.6. The molecule has 9 nitrogen and oxygen atoms in total. The predicted octanol–water partition coefficient (Wildman–Crippen LogP) is 4.03. The van der Waals surface area contributed by atoms with Crippen LogP contribution in [0.5, 0.6) is 5.75 Å². The predicted molar refractivity (Wildman–Crippen MR) is 162 cm³/mol. The van der Waals surface area contributed by atoms with E-state index in [1.807, 2.05) is 30.3 Å². The van der Waals surface area contributed by atoms with Gasteiger partial charge in [-0.1, -0.05) is 30.3 Å². The highest BCUT2D eigenvalue weighted by Gasteiger charge is 2.36. The van der Waals surface area contributed by atoms with Crippen LogP contribution in [-0.2, 0) is 22.7 Å². The molecule has 228 valence electrons. The highest BCUT2D eigenvalue weighted by molar-refractivity contribution is 6.08. The van der Waals surface area contributed by atoms with Crippen LogP contribution in [0.1, 0.15) is 69.0 Å². The molecule has 1 unspecified atom stereocenters. The van der Waals surface area contributed by atoms with E-state index in [0.29, 0.717) is 35.9 Å². The summed E-state index contributed by atoms with van der Waals surface area (Å²) in [6.45, 7) is 3.26. The summed E-state index contributed by atoms with van der Waals surface area (Å²) >= 11 is 0. The zero-order chi connectivity index (χ0) is 30.8. The Morgan fingerprint density at radius 1 is 1.00 bits per heavy atom. The van der Waals surface area contributed by atoms with E-state index < -0.39 is 17.8 Å². The number of rotatable bonds is 9. The summed E-state index contributed by atoms with van der Waals surface area (Å²) in [5, 5.41) is 0. The Hall–Kier alpha value is -4.57. The molecule has 3 aromatic carbocycles. The topological polar surface area (TPSA) is 113 Å². The van der Waals surface area contributed by atoms with Crippen molar-refractivity contribution in [1.82, 2.24) is 9.80 Å². The van der Waals surface area contributed by atoms with Gasteiger partial charge >= 0.3 is 0 Å². The summed E-state index contributed by atoms with van der Waals surface area (Å²) in [7, 11) is 0. The summed E-state index contributed by atoms with van der Waals surface area (Å²) in [5.74, 6) is -0.704. The maximum Gasteiger partial charge on any atom is 0.262 e. The number of aldehydes is 1. The lowest BCUT2D eigenvalue weighted by Crippen LogP contribution is -2.44. The quantitative estimate of drug-likeness (QED) is 0.372. The molecule has 3 aromatic rings. The summed E-state index contributed by atoms with van der Waals surface area (Å²) in [5.41, 5.74) is 9.87. The van der Waals surface area contributed by atoms with Crippen LogP contribution in [0.25, 0.3) is 0 Å². The van der Waals surface area contributed by atoms with Crippen LogP contribution in [0, 0.1) is 5.82 Å². The summed E-state index contributed by atoms with van der Waals surface area (Å²) in [6, 6.07) is 17.1. The van der Waals surface area contributed by atoms with Crippen molar-refractivity contribution in [2.75, 3.05) is 31.1 Å². The van der Waals surface area contributed by atoms with Gasteiger partial charge in [0.15, 0.2) is 0 Å². The SMILES string of the molecule is NC(=O)C(CCC=O)N1Cc2cc(C3CCN(Cc4ccc5c(c4)C(=O)N(c4ccccc4F)CCO5)CC3)ccc2C1=O. The van der Waals surface area contributed by atoms with Gasteiger partial charge in [0.05, 0.1) is 17.8 Å². The zero-order valence-electron chi connectivity index (χ0n) is 24.4. The summed E-state index contributed by atoms with van der Waals surface area (Å²) < 4.78 is 20.4. The molecule has 0 radical (unpaired) electrons. The molecule has 3 heterocycles. The summed E-state index contributed by atoms with van der Waals surface area (Å²) in [4.78, 5) is 54.7. The van der Waals surface area contributed by atoms with Crippen LogP contribution in [0.3, 0.4) is 0 Å². The maximum absolute atomic E-state index is 14.5. The molecule has 6 rings (SSSR count). The van der Waals surface area contributed by atoms with E-state index in [0.717, 1.165) is 43.3 Å². The number of likely N-dealkylation sites (tertiary alicyclic amines) is 1. The number of nitrogens with two attached hydrogens (primary N) is 1. The smallest absolute Gasteiger partial charge is 0.262 e. The Balaban J connectivity index is 1.10. The first-order valence-corrected chi connectivity index (χ1v) is 15.0. The monoisotopic (exact) mass is 598 g/mol. The first-order valence-electron chi connectivity index (χ1n) is 15.0. The minimum Gasteiger partial charge on any atom is -0.491 e. The fourth-order valence-electron chi connectivity index (χ4n) is 6.59. The van der Waals surface area contributed by atoms with E-state index in [-0.39, 0.29) is 43.5 Å². The number of halogens is 1. The van der Waals surface area contributed by atoms with Crippen LogP contribution in [0.15, 0.2) is 60.7 Å². The number of benzene rings is 3. The number of ether oxygens (including phenoxy) is 1. The largest absolute Gasteiger partial charge is 0.491 e. The van der Waals surface area contributed by atoms with Crippen molar-refractivity contribution in [1.29, 1.82) is 0 Å². The van der Waals surface area contributed by atoms with E-state index in [2.05, 4.69) is 11.0 Å². The Labute approximate surface area is 255 Å². The number of amides is 3.